The van der Waals surface area contributed by atoms with Crippen LogP contribution in [0, 0.1) is 5.82 Å². The molecule has 0 fully saturated rings. The number of benzene rings is 2. The second kappa shape index (κ2) is 13.6. The number of aromatic nitrogens is 4. The number of halogens is 1. The molecule has 4 rings (SSSR count). The second-order valence-corrected chi connectivity index (χ2v) is 10.0. The fraction of sp³-hybridized carbons (Fsp3) is 0.310. The third-order valence-electron chi connectivity index (χ3n) is 6.12. The summed E-state index contributed by atoms with van der Waals surface area (Å²) >= 11 is 0. The Hall–Kier alpha value is -4.91. The van der Waals surface area contributed by atoms with Crippen molar-refractivity contribution in [3.05, 3.63) is 60.0 Å². The SMILES string of the molecule is CCCN(C)C/C=N/NC(=O)c1ccc(Nc2ncc3nc(Nc4cccc(NC(C)=O)c4)n(C(C)C)c3n2)c(F)c1. The summed E-state index contributed by atoms with van der Waals surface area (Å²) in [6, 6.07) is 11.3. The summed E-state index contributed by atoms with van der Waals surface area (Å²) in [5, 5.41) is 12.9. The number of carbonyl (C=O) groups excluding carboxylic acids is 2. The number of hydrogen-bond donors (Lipinski definition) is 4. The summed E-state index contributed by atoms with van der Waals surface area (Å²) in [4.78, 5) is 39.5. The standard InChI is InChI=1S/C29H35FN10O2/c1-6-13-39(5)14-12-32-38-27(42)20-10-11-24(23(30)15-20)35-28-31-17-25-26(37-28)40(18(2)3)29(36-25)34-22-9-7-8-21(16-22)33-19(4)41/h7-12,15-18H,6,13-14H2,1-5H3,(H,33,41)(H,34,36)(H,38,42)(H,31,35,37)/b32-12+. The van der Waals surface area contributed by atoms with E-state index in [4.69, 9.17) is 0 Å². The molecule has 4 N–H and O–H groups in total. The molecule has 2 aromatic carbocycles. The smallest absolute Gasteiger partial charge is 0.271 e. The Kier molecular flexibility index (Phi) is 9.76. The molecule has 2 heterocycles. The minimum atomic E-state index is -0.642. The van der Waals surface area contributed by atoms with Crippen molar-refractivity contribution >= 4 is 58.2 Å². The number of amides is 2. The van der Waals surface area contributed by atoms with Crippen LogP contribution in [0.15, 0.2) is 53.8 Å². The molecule has 220 valence electrons. The molecule has 0 aliphatic heterocycles. The van der Waals surface area contributed by atoms with Crippen LogP contribution in [0.25, 0.3) is 11.2 Å². The zero-order chi connectivity index (χ0) is 30.2. The van der Waals surface area contributed by atoms with Crippen LogP contribution in [0.2, 0.25) is 0 Å². The van der Waals surface area contributed by atoms with Crippen LogP contribution in [0.5, 0.6) is 0 Å². The van der Waals surface area contributed by atoms with Crippen molar-refractivity contribution in [2.75, 3.05) is 36.1 Å². The van der Waals surface area contributed by atoms with E-state index in [2.05, 4.69) is 53.3 Å². The van der Waals surface area contributed by atoms with E-state index in [1.165, 1.54) is 19.1 Å². The van der Waals surface area contributed by atoms with Gasteiger partial charge >= 0.3 is 0 Å². The number of imidazole rings is 1. The lowest BCUT2D eigenvalue weighted by atomic mass is 10.2. The molecule has 4 aromatic rings. The molecule has 0 aliphatic rings. The maximum atomic E-state index is 15.0. The van der Waals surface area contributed by atoms with Crippen molar-refractivity contribution in [1.82, 2.24) is 29.8 Å². The Balaban J connectivity index is 1.50. The lowest BCUT2D eigenvalue weighted by molar-refractivity contribution is -0.114. The van der Waals surface area contributed by atoms with E-state index < -0.39 is 11.7 Å². The van der Waals surface area contributed by atoms with Crippen molar-refractivity contribution in [3.63, 3.8) is 0 Å². The van der Waals surface area contributed by atoms with Crippen LogP contribution < -0.4 is 21.4 Å². The van der Waals surface area contributed by atoms with Crippen LogP contribution in [0.4, 0.5) is 33.3 Å². The fourth-order valence-electron chi connectivity index (χ4n) is 4.24. The van der Waals surface area contributed by atoms with E-state index in [1.807, 2.05) is 37.6 Å². The molecule has 42 heavy (non-hydrogen) atoms. The highest BCUT2D eigenvalue weighted by atomic mass is 19.1. The van der Waals surface area contributed by atoms with Gasteiger partial charge in [0.1, 0.15) is 11.3 Å². The first-order valence-corrected chi connectivity index (χ1v) is 13.6. The molecular formula is C29H35FN10O2. The van der Waals surface area contributed by atoms with Crippen LogP contribution in [0.1, 0.15) is 50.5 Å². The van der Waals surface area contributed by atoms with Gasteiger partial charge in [-0.3, -0.25) is 14.2 Å². The topological polar surface area (TPSA) is 141 Å². The Labute approximate surface area is 243 Å². The van der Waals surface area contributed by atoms with E-state index in [0.717, 1.165) is 24.7 Å². The van der Waals surface area contributed by atoms with Crippen LogP contribution in [-0.2, 0) is 4.79 Å². The maximum absolute atomic E-state index is 15.0. The highest BCUT2D eigenvalue weighted by molar-refractivity contribution is 5.95. The summed E-state index contributed by atoms with van der Waals surface area (Å²) in [6.07, 6.45) is 4.17. The highest BCUT2D eigenvalue weighted by Gasteiger charge is 2.17. The highest BCUT2D eigenvalue weighted by Crippen LogP contribution is 2.28. The summed E-state index contributed by atoms with van der Waals surface area (Å²) in [6.45, 7) is 9.03. The monoisotopic (exact) mass is 574 g/mol. The van der Waals surface area contributed by atoms with Crippen molar-refractivity contribution in [3.8, 4) is 0 Å². The van der Waals surface area contributed by atoms with Gasteiger partial charge in [-0.1, -0.05) is 13.0 Å². The van der Waals surface area contributed by atoms with Gasteiger partial charge in [0.2, 0.25) is 17.8 Å². The molecular weight excluding hydrogens is 539 g/mol. The van der Waals surface area contributed by atoms with Gasteiger partial charge in [-0.2, -0.15) is 10.1 Å². The van der Waals surface area contributed by atoms with E-state index in [9.17, 15) is 14.0 Å². The number of hydrazone groups is 1. The number of hydrogen-bond acceptors (Lipinski definition) is 9. The fourth-order valence-corrected chi connectivity index (χ4v) is 4.24. The molecule has 0 radical (unpaired) electrons. The number of nitrogens with zero attached hydrogens (tertiary/aromatic N) is 6. The van der Waals surface area contributed by atoms with Crippen LogP contribution >= 0.6 is 0 Å². The average Bonchev–Trinajstić information content (AvgIpc) is 3.29. The largest absolute Gasteiger partial charge is 0.326 e. The number of rotatable bonds is 12. The summed E-state index contributed by atoms with van der Waals surface area (Å²) < 4.78 is 16.9. The van der Waals surface area contributed by atoms with Gasteiger partial charge in [-0.15, -0.1) is 0 Å². The van der Waals surface area contributed by atoms with Crippen molar-refractivity contribution < 1.29 is 14.0 Å². The Morgan fingerprint density at radius 3 is 2.62 bits per heavy atom. The minimum absolute atomic E-state index is 0.0250. The van der Waals surface area contributed by atoms with Crippen LogP contribution in [-0.4, -0.2) is 62.6 Å². The summed E-state index contributed by atoms with van der Waals surface area (Å²) in [5.74, 6) is -0.623. The summed E-state index contributed by atoms with van der Waals surface area (Å²) in [5.41, 5.74) is 5.13. The number of anilines is 5. The molecule has 0 atom stereocenters. The molecule has 0 unspecified atom stereocenters. The first kappa shape index (κ1) is 30.1. The van der Waals surface area contributed by atoms with Gasteiger partial charge in [0, 0.05) is 42.7 Å². The molecule has 0 saturated carbocycles. The molecule has 0 aliphatic carbocycles. The molecule has 13 heteroatoms. The number of nitrogens with one attached hydrogen (secondary N) is 4. The average molecular weight is 575 g/mol. The number of carbonyl (C=O) groups is 2. The van der Waals surface area contributed by atoms with Gasteiger partial charge in [0.05, 0.1) is 11.9 Å². The molecule has 2 aromatic heterocycles. The third-order valence-corrected chi connectivity index (χ3v) is 6.12. The van der Waals surface area contributed by atoms with Crippen molar-refractivity contribution in [1.29, 1.82) is 0 Å². The van der Waals surface area contributed by atoms with E-state index >= 15 is 0 Å². The second-order valence-electron chi connectivity index (χ2n) is 10.0. The first-order valence-electron chi connectivity index (χ1n) is 13.6. The predicted molar refractivity (Wildman–Crippen MR) is 163 cm³/mol. The summed E-state index contributed by atoms with van der Waals surface area (Å²) in [7, 11) is 1.96. The zero-order valence-electron chi connectivity index (χ0n) is 24.3. The minimum Gasteiger partial charge on any atom is -0.326 e. The normalized spacial score (nSPS) is 11.4. The maximum Gasteiger partial charge on any atom is 0.271 e. The van der Waals surface area contributed by atoms with Gasteiger partial charge in [0.15, 0.2) is 5.65 Å². The quantitative estimate of drug-likeness (QED) is 0.136. The molecule has 2 amide bonds. The Morgan fingerprint density at radius 2 is 1.90 bits per heavy atom. The van der Waals surface area contributed by atoms with Crippen molar-refractivity contribution in [2.45, 2.75) is 40.2 Å². The molecule has 0 spiro atoms. The zero-order valence-corrected chi connectivity index (χ0v) is 24.3. The number of fused-ring (bicyclic) bond motifs is 1. The van der Waals surface area contributed by atoms with Gasteiger partial charge in [0.25, 0.3) is 5.91 Å². The lowest BCUT2D eigenvalue weighted by Crippen LogP contribution is -2.23. The van der Waals surface area contributed by atoms with Gasteiger partial charge < -0.3 is 20.9 Å². The van der Waals surface area contributed by atoms with E-state index in [-0.39, 0.29) is 29.1 Å². The van der Waals surface area contributed by atoms with E-state index in [1.54, 1.807) is 24.5 Å². The lowest BCUT2D eigenvalue weighted by Gasteiger charge is -2.14. The Morgan fingerprint density at radius 1 is 1.12 bits per heavy atom. The van der Waals surface area contributed by atoms with Gasteiger partial charge in [-0.25, -0.2) is 19.8 Å². The molecule has 12 nitrogen and oxygen atoms in total. The van der Waals surface area contributed by atoms with E-state index in [0.29, 0.717) is 29.3 Å². The van der Waals surface area contributed by atoms with Crippen LogP contribution in [0.3, 0.4) is 0 Å². The van der Waals surface area contributed by atoms with Crippen molar-refractivity contribution in [2.24, 2.45) is 5.10 Å². The first-order chi connectivity index (χ1) is 20.1. The van der Waals surface area contributed by atoms with Gasteiger partial charge in [-0.05, 0) is 70.3 Å². The predicted octanol–water partition coefficient (Wildman–Crippen LogP) is 5.05. The Bertz CT molecular complexity index is 1600. The molecule has 0 bridgehead atoms. The molecule has 0 saturated heterocycles. The third kappa shape index (κ3) is 7.63.